The first-order valence-electron chi connectivity index (χ1n) is 2.71. The van der Waals surface area contributed by atoms with E-state index in [1.54, 1.807) is 0 Å². The molecule has 0 bridgehead atoms. The normalized spacial score (nSPS) is 11.8. The fourth-order valence-corrected chi connectivity index (χ4v) is 0.317. The molecular formula is C4H6F4N2O2. The van der Waals surface area contributed by atoms with Gasteiger partial charge >= 0.3 is 12.0 Å². The lowest BCUT2D eigenvalue weighted by Crippen LogP contribution is -2.46. The third-order valence-corrected chi connectivity index (χ3v) is 0.786. The molecule has 0 saturated carbocycles. The van der Waals surface area contributed by atoms with Crippen LogP contribution in [0.15, 0.2) is 0 Å². The number of ether oxygens (including phenoxy) is 1. The Labute approximate surface area is 64.6 Å². The zero-order valence-corrected chi connectivity index (χ0v) is 5.69. The van der Waals surface area contributed by atoms with Gasteiger partial charge in [0, 0.05) is 0 Å². The second-order valence-electron chi connectivity index (χ2n) is 1.69. The summed E-state index contributed by atoms with van der Waals surface area (Å²) in [5, 5.41) is 0. The Morgan fingerprint density at radius 3 is 2.42 bits per heavy atom. The molecule has 0 rings (SSSR count). The fraction of sp³-hybridized carbons (Fsp3) is 0.750. The molecular weight excluding hydrogens is 184 g/mol. The van der Waals surface area contributed by atoms with Crippen LogP contribution in [0, 0.1) is 0 Å². The quantitative estimate of drug-likeness (QED) is 0.280. The van der Waals surface area contributed by atoms with Crippen molar-refractivity contribution in [3.05, 3.63) is 0 Å². The number of nitrogens with two attached hydrogens (primary N) is 1. The molecule has 0 unspecified atom stereocenters. The number of rotatable bonds is 4. The lowest BCUT2D eigenvalue weighted by Gasteiger charge is -2.13. The van der Waals surface area contributed by atoms with Crippen molar-refractivity contribution < 1.29 is 27.1 Å². The zero-order valence-electron chi connectivity index (χ0n) is 5.69. The van der Waals surface area contributed by atoms with E-state index in [0.717, 1.165) is 5.43 Å². The van der Waals surface area contributed by atoms with Gasteiger partial charge in [-0.05, 0) is 0 Å². The lowest BCUT2D eigenvalue weighted by molar-refractivity contribution is -0.241. The van der Waals surface area contributed by atoms with Crippen LogP contribution < -0.4 is 11.3 Å². The van der Waals surface area contributed by atoms with E-state index in [1.807, 2.05) is 0 Å². The molecule has 0 aromatic heterocycles. The minimum Gasteiger partial charge on any atom is -0.307 e. The highest BCUT2D eigenvalue weighted by Gasteiger charge is 2.40. The maximum absolute atomic E-state index is 12.1. The molecule has 0 atom stereocenters. The fourth-order valence-electron chi connectivity index (χ4n) is 0.317. The molecule has 0 radical (unpaired) electrons. The number of nitrogens with one attached hydrogen (secondary N) is 1. The molecule has 72 valence electrons. The predicted molar refractivity (Wildman–Crippen MR) is 29.2 cm³/mol. The molecule has 0 aliphatic heterocycles. The third kappa shape index (κ3) is 3.49. The highest BCUT2D eigenvalue weighted by molar-refractivity contribution is 5.81. The number of amides is 1. The summed E-state index contributed by atoms with van der Waals surface area (Å²) in [5.74, 6) is 2.35. The van der Waals surface area contributed by atoms with Crippen LogP contribution in [-0.4, -0.2) is 25.0 Å². The summed E-state index contributed by atoms with van der Waals surface area (Å²) in [7, 11) is 0. The number of hydrogen-bond acceptors (Lipinski definition) is 3. The van der Waals surface area contributed by atoms with Crippen molar-refractivity contribution in [2.24, 2.45) is 5.84 Å². The van der Waals surface area contributed by atoms with Gasteiger partial charge in [0.05, 0.1) is 0 Å². The number of hydrogen-bond donors (Lipinski definition) is 2. The second-order valence-corrected chi connectivity index (χ2v) is 1.69. The molecule has 12 heavy (non-hydrogen) atoms. The van der Waals surface area contributed by atoms with Crippen LogP contribution in [0.1, 0.15) is 0 Å². The molecule has 0 aliphatic rings. The van der Waals surface area contributed by atoms with Crippen LogP contribution in [0.25, 0.3) is 0 Å². The summed E-state index contributed by atoms with van der Waals surface area (Å²) in [6.45, 7) is -1.53. The minimum atomic E-state index is -4.31. The van der Waals surface area contributed by atoms with Gasteiger partial charge in [-0.25, -0.2) is 14.6 Å². The molecule has 0 heterocycles. The number of carbonyl (C=O) groups is 1. The van der Waals surface area contributed by atoms with Crippen molar-refractivity contribution in [1.82, 2.24) is 5.43 Å². The van der Waals surface area contributed by atoms with Gasteiger partial charge in [0.1, 0.15) is 6.61 Å². The molecule has 0 spiro atoms. The molecule has 0 fully saturated rings. The van der Waals surface area contributed by atoms with E-state index in [2.05, 4.69) is 10.6 Å². The van der Waals surface area contributed by atoms with E-state index in [4.69, 9.17) is 0 Å². The van der Waals surface area contributed by atoms with E-state index in [0.29, 0.717) is 0 Å². The molecule has 0 saturated heterocycles. The highest BCUT2D eigenvalue weighted by Crippen LogP contribution is 2.15. The molecule has 3 N–H and O–H groups in total. The van der Waals surface area contributed by atoms with Crippen molar-refractivity contribution >= 4 is 5.91 Å². The Morgan fingerprint density at radius 1 is 1.58 bits per heavy atom. The first-order valence-corrected chi connectivity index (χ1v) is 2.71. The second kappa shape index (κ2) is 4.21. The van der Waals surface area contributed by atoms with Crippen molar-refractivity contribution in [2.45, 2.75) is 12.5 Å². The van der Waals surface area contributed by atoms with Gasteiger partial charge < -0.3 is 4.74 Å². The van der Waals surface area contributed by atoms with Crippen molar-refractivity contribution in [1.29, 1.82) is 0 Å². The highest BCUT2D eigenvalue weighted by atomic mass is 19.3. The maximum Gasteiger partial charge on any atom is 0.438 e. The van der Waals surface area contributed by atoms with Crippen LogP contribution in [0.2, 0.25) is 0 Å². The molecule has 0 aromatic carbocycles. The standard InChI is InChI=1S/C4H6F4N2O2/c5-2(6)1-12-4(7,8)3(11)10-9/h2H,1,9H2,(H,10,11). The van der Waals surface area contributed by atoms with Crippen LogP contribution in [0.3, 0.4) is 0 Å². The molecule has 4 nitrogen and oxygen atoms in total. The summed E-state index contributed by atoms with van der Waals surface area (Å²) in [5.41, 5.74) is 1.07. The number of halogens is 4. The SMILES string of the molecule is NNC(=O)C(F)(F)OCC(F)F. The Bertz CT molecular complexity index is 163. The smallest absolute Gasteiger partial charge is 0.307 e. The van der Waals surface area contributed by atoms with Crippen LogP contribution in [-0.2, 0) is 9.53 Å². The summed E-state index contributed by atoms with van der Waals surface area (Å²) in [6.07, 6.45) is -7.38. The van der Waals surface area contributed by atoms with Gasteiger partial charge in [0.2, 0.25) is 0 Å². The Hall–Kier alpha value is -0.890. The first-order chi connectivity index (χ1) is 5.40. The number of hydrazine groups is 1. The molecule has 0 aromatic rings. The van der Waals surface area contributed by atoms with Gasteiger partial charge in [0.25, 0.3) is 6.43 Å². The van der Waals surface area contributed by atoms with Gasteiger partial charge in [-0.2, -0.15) is 8.78 Å². The van der Waals surface area contributed by atoms with E-state index >= 15 is 0 Å². The molecule has 8 heteroatoms. The van der Waals surface area contributed by atoms with Gasteiger partial charge in [-0.3, -0.25) is 10.2 Å². The minimum absolute atomic E-state index is 1.07. The van der Waals surface area contributed by atoms with Crippen molar-refractivity contribution in [3.8, 4) is 0 Å². The number of carbonyl (C=O) groups excluding carboxylic acids is 1. The maximum atomic E-state index is 12.1. The van der Waals surface area contributed by atoms with E-state index in [9.17, 15) is 22.4 Å². The topological polar surface area (TPSA) is 64.3 Å². The summed E-state index contributed by atoms with van der Waals surface area (Å²) in [6, 6.07) is 0. The third-order valence-electron chi connectivity index (χ3n) is 0.786. The average molecular weight is 190 g/mol. The summed E-state index contributed by atoms with van der Waals surface area (Å²) >= 11 is 0. The lowest BCUT2D eigenvalue weighted by atomic mass is 10.6. The van der Waals surface area contributed by atoms with Crippen LogP contribution in [0.4, 0.5) is 17.6 Å². The van der Waals surface area contributed by atoms with Crippen LogP contribution in [0.5, 0.6) is 0 Å². The Morgan fingerprint density at radius 2 is 2.08 bits per heavy atom. The Kier molecular flexibility index (Phi) is 3.90. The van der Waals surface area contributed by atoms with Crippen LogP contribution >= 0.6 is 0 Å². The zero-order chi connectivity index (χ0) is 9.78. The van der Waals surface area contributed by atoms with Gasteiger partial charge in [-0.15, -0.1) is 0 Å². The van der Waals surface area contributed by atoms with E-state index in [-0.39, 0.29) is 0 Å². The van der Waals surface area contributed by atoms with E-state index < -0.39 is 25.0 Å². The predicted octanol–water partition coefficient (Wildman–Crippen LogP) is -0.149. The van der Waals surface area contributed by atoms with E-state index in [1.165, 1.54) is 0 Å². The monoisotopic (exact) mass is 190 g/mol. The van der Waals surface area contributed by atoms with Gasteiger partial charge in [-0.1, -0.05) is 0 Å². The summed E-state index contributed by atoms with van der Waals surface area (Å²) < 4.78 is 50.2. The first kappa shape index (κ1) is 11.1. The molecule has 0 aliphatic carbocycles. The van der Waals surface area contributed by atoms with Gasteiger partial charge in [0.15, 0.2) is 0 Å². The Balaban J connectivity index is 3.95. The van der Waals surface area contributed by atoms with Crippen molar-refractivity contribution in [2.75, 3.05) is 6.61 Å². The summed E-state index contributed by atoms with van der Waals surface area (Å²) in [4.78, 5) is 10.1. The largest absolute Gasteiger partial charge is 0.438 e. The number of alkyl halides is 4. The average Bonchev–Trinajstić information content (AvgIpc) is 1.99. The molecule has 1 amide bonds. The van der Waals surface area contributed by atoms with Crippen molar-refractivity contribution in [3.63, 3.8) is 0 Å².